The van der Waals surface area contributed by atoms with Crippen LogP contribution in [0.1, 0.15) is 49.4 Å². The second-order valence-electron chi connectivity index (χ2n) is 5.79. The number of hydrogen-bond donors (Lipinski definition) is 1. The summed E-state index contributed by atoms with van der Waals surface area (Å²) in [6, 6.07) is 2.26. The molecule has 1 amide bonds. The molecule has 0 saturated carbocycles. The molecule has 0 aromatic carbocycles. The number of carbonyl (C=O) groups is 1. The topological polar surface area (TPSA) is 51.3 Å². The molecule has 104 valence electrons. The fourth-order valence-corrected chi connectivity index (χ4v) is 3.33. The number of nitrogens with zero attached hydrogens (tertiary/aromatic N) is 2. The lowest BCUT2D eigenvalue weighted by Crippen LogP contribution is -2.38. The lowest BCUT2D eigenvalue weighted by atomic mass is 9.94. The number of rotatable bonds is 2. The highest BCUT2D eigenvalue weighted by Gasteiger charge is 2.22. The van der Waals surface area contributed by atoms with Crippen molar-refractivity contribution in [3.05, 3.63) is 23.5 Å². The molecular weight excluding hydrogens is 238 g/mol. The SMILES string of the molecule is NC1CCCc2c1ccn2CC(=O)N1CCCCC1. The highest BCUT2D eigenvalue weighted by atomic mass is 16.2. The Hall–Kier alpha value is -1.29. The number of fused-ring (bicyclic) bond motifs is 1. The van der Waals surface area contributed by atoms with Gasteiger partial charge in [-0.25, -0.2) is 0 Å². The number of hydrogen-bond acceptors (Lipinski definition) is 2. The first kappa shape index (κ1) is 12.7. The average molecular weight is 261 g/mol. The van der Waals surface area contributed by atoms with Crippen LogP contribution in [0.5, 0.6) is 0 Å². The molecule has 3 rings (SSSR count). The van der Waals surface area contributed by atoms with E-state index in [1.165, 1.54) is 17.7 Å². The third kappa shape index (κ3) is 2.54. The van der Waals surface area contributed by atoms with Gasteiger partial charge in [0, 0.05) is 31.0 Å². The molecule has 1 fully saturated rings. The second kappa shape index (κ2) is 5.37. The van der Waals surface area contributed by atoms with Gasteiger partial charge in [0.15, 0.2) is 0 Å². The van der Waals surface area contributed by atoms with E-state index in [2.05, 4.69) is 10.6 Å². The predicted octanol–water partition coefficient (Wildman–Crippen LogP) is 1.84. The Morgan fingerprint density at radius 2 is 2.05 bits per heavy atom. The maximum absolute atomic E-state index is 12.3. The number of carbonyl (C=O) groups excluding carboxylic acids is 1. The Kier molecular flexibility index (Phi) is 3.60. The minimum absolute atomic E-state index is 0.162. The van der Waals surface area contributed by atoms with Crippen molar-refractivity contribution in [1.82, 2.24) is 9.47 Å². The molecule has 2 N–H and O–H groups in total. The summed E-state index contributed by atoms with van der Waals surface area (Å²) < 4.78 is 2.12. The second-order valence-corrected chi connectivity index (χ2v) is 5.79. The maximum Gasteiger partial charge on any atom is 0.242 e. The zero-order valence-electron chi connectivity index (χ0n) is 11.5. The first-order chi connectivity index (χ1) is 9.25. The molecule has 4 nitrogen and oxygen atoms in total. The van der Waals surface area contributed by atoms with E-state index in [1.807, 2.05) is 11.1 Å². The third-order valence-electron chi connectivity index (χ3n) is 4.46. The Morgan fingerprint density at radius 1 is 1.26 bits per heavy atom. The minimum Gasteiger partial charge on any atom is -0.342 e. The molecule has 1 unspecified atom stereocenters. The Morgan fingerprint density at radius 3 is 2.84 bits per heavy atom. The van der Waals surface area contributed by atoms with Crippen LogP contribution in [0, 0.1) is 0 Å². The van der Waals surface area contributed by atoms with Crippen LogP contribution in [0.2, 0.25) is 0 Å². The molecule has 2 aliphatic rings. The van der Waals surface area contributed by atoms with Crippen LogP contribution in [-0.2, 0) is 17.8 Å². The standard InChI is InChI=1S/C15H23N3O/c16-13-5-4-6-14-12(13)7-10-18(14)11-15(19)17-8-2-1-3-9-17/h7,10,13H,1-6,8-9,11,16H2. The normalized spacial score (nSPS) is 23.2. The number of amides is 1. The number of likely N-dealkylation sites (tertiary alicyclic amines) is 1. The zero-order valence-corrected chi connectivity index (χ0v) is 11.5. The Balaban J connectivity index is 1.71. The molecule has 0 spiro atoms. The molecule has 0 radical (unpaired) electrons. The van der Waals surface area contributed by atoms with Crippen LogP contribution in [0.3, 0.4) is 0 Å². The van der Waals surface area contributed by atoms with Crippen LogP contribution >= 0.6 is 0 Å². The predicted molar refractivity (Wildman–Crippen MR) is 74.7 cm³/mol. The van der Waals surface area contributed by atoms with Gasteiger partial charge in [-0.05, 0) is 50.2 Å². The van der Waals surface area contributed by atoms with E-state index >= 15 is 0 Å². The van der Waals surface area contributed by atoms with Gasteiger partial charge in [0.05, 0.1) is 0 Å². The minimum atomic E-state index is 0.162. The quantitative estimate of drug-likeness (QED) is 0.883. The number of aromatic nitrogens is 1. The van der Waals surface area contributed by atoms with E-state index in [1.54, 1.807) is 0 Å². The summed E-state index contributed by atoms with van der Waals surface area (Å²) in [7, 11) is 0. The molecule has 4 heteroatoms. The number of piperidine rings is 1. The van der Waals surface area contributed by atoms with E-state index in [9.17, 15) is 4.79 Å². The summed E-state index contributed by atoms with van der Waals surface area (Å²) in [6.45, 7) is 2.35. The molecule has 1 aromatic rings. The summed E-state index contributed by atoms with van der Waals surface area (Å²) in [4.78, 5) is 14.3. The van der Waals surface area contributed by atoms with Gasteiger partial charge < -0.3 is 15.2 Å². The largest absolute Gasteiger partial charge is 0.342 e. The molecule has 19 heavy (non-hydrogen) atoms. The van der Waals surface area contributed by atoms with Gasteiger partial charge in [0.1, 0.15) is 6.54 Å². The van der Waals surface area contributed by atoms with Crippen molar-refractivity contribution < 1.29 is 4.79 Å². The van der Waals surface area contributed by atoms with E-state index in [0.717, 1.165) is 45.2 Å². The molecule has 2 heterocycles. The number of nitrogens with two attached hydrogens (primary N) is 1. The summed E-state index contributed by atoms with van der Waals surface area (Å²) in [6.07, 6.45) is 8.87. The van der Waals surface area contributed by atoms with Crippen molar-refractivity contribution in [1.29, 1.82) is 0 Å². The van der Waals surface area contributed by atoms with E-state index in [-0.39, 0.29) is 11.9 Å². The molecular formula is C15H23N3O. The van der Waals surface area contributed by atoms with Crippen LogP contribution in [0.15, 0.2) is 12.3 Å². The van der Waals surface area contributed by atoms with Gasteiger partial charge in [-0.2, -0.15) is 0 Å². The van der Waals surface area contributed by atoms with Gasteiger partial charge in [-0.1, -0.05) is 0 Å². The summed E-state index contributed by atoms with van der Waals surface area (Å²) in [5, 5.41) is 0. The molecule has 1 aliphatic heterocycles. The monoisotopic (exact) mass is 261 g/mol. The molecule has 1 atom stereocenters. The first-order valence-electron chi connectivity index (χ1n) is 7.47. The summed E-state index contributed by atoms with van der Waals surface area (Å²) in [5.74, 6) is 0.261. The van der Waals surface area contributed by atoms with Crippen LogP contribution < -0.4 is 5.73 Å². The van der Waals surface area contributed by atoms with Crippen molar-refractivity contribution in [3.8, 4) is 0 Å². The van der Waals surface area contributed by atoms with Crippen molar-refractivity contribution in [3.63, 3.8) is 0 Å². The fraction of sp³-hybridized carbons (Fsp3) is 0.667. The van der Waals surface area contributed by atoms with Crippen LogP contribution in [0.25, 0.3) is 0 Å². The van der Waals surface area contributed by atoms with Gasteiger partial charge >= 0.3 is 0 Å². The maximum atomic E-state index is 12.3. The molecule has 1 aromatic heterocycles. The van der Waals surface area contributed by atoms with Crippen molar-refractivity contribution >= 4 is 5.91 Å². The van der Waals surface area contributed by atoms with Gasteiger partial charge in [0.25, 0.3) is 0 Å². The average Bonchev–Trinajstić information content (AvgIpc) is 2.84. The van der Waals surface area contributed by atoms with Gasteiger partial charge in [-0.3, -0.25) is 4.79 Å². The highest BCUT2D eigenvalue weighted by Crippen LogP contribution is 2.28. The van der Waals surface area contributed by atoms with Crippen molar-refractivity contribution in [2.24, 2.45) is 5.73 Å². The Labute approximate surface area is 114 Å². The smallest absolute Gasteiger partial charge is 0.242 e. The molecule has 0 bridgehead atoms. The fourth-order valence-electron chi connectivity index (χ4n) is 3.33. The Bertz CT molecular complexity index is 460. The van der Waals surface area contributed by atoms with Crippen LogP contribution in [0.4, 0.5) is 0 Å². The van der Waals surface area contributed by atoms with Gasteiger partial charge in [0.2, 0.25) is 5.91 Å². The van der Waals surface area contributed by atoms with Crippen molar-refractivity contribution in [2.75, 3.05) is 13.1 Å². The zero-order chi connectivity index (χ0) is 13.2. The third-order valence-corrected chi connectivity index (χ3v) is 4.46. The summed E-state index contributed by atoms with van der Waals surface area (Å²) >= 11 is 0. The first-order valence-corrected chi connectivity index (χ1v) is 7.47. The van der Waals surface area contributed by atoms with E-state index < -0.39 is 0 Å². The van der Waals surface area contributed by atoms with Gasteiger partial charge in [-0.15, -0.1) is 0 Å². The van der Waals surface area contributed by atoms with Crippen LogP contribution in [-0.4, -0.2) is 28.5 Å². The lowest BCUT2D eigenvalue weighted by molar-refractivity contribution is -0.132. The molecule has 1 aliphatic carbocycles. The lowest BCUT2D eigenvalue weighted by Gasteiger charge is -2.27. The van der Waals surface area contributed by atoms with E-state index in [4.69, 9.17) is 5.73 Å². The molecule has 1 saturated heterocycles. The summed E-state index contributed by atoms with van der Waals surface area (Å²) in [5.41, 5.74) is 8.65. The highest BCUT2D eigenvalue weighted by molar-refractivity contribution is 5.76. The van der Waals surface area contributed by atoms with Crippen molar-refractivity contribution in [2.45, 2.75) is 51.1 Å². The van der Waals surface area contributed by atoms with E-state index in [0.29, 0.717) is 6.54 Å².